The molecule has 0 heteroatoms. The molecule has 3 rings (SSSR count). The first kappa shape index (κ1) is 16.8. The fraction of sp³-hybridized carbons (Fsp3) is 1.00. The van der Waals surface area contributed by atoms with Gasteiger partial charge in [-0.3, -0.25) is 0 Å². The summed E-state index contributed by atoms with van der Waals surface area (Å²) in [7, 11) is 0. The lowest BCUT2D eigenvalue weighted by atomic mass is 9.67. The minimum atomic E-state index is 1.10. The molecule has 0 aromatic carbocycles. The van der Waals surface area contributed by atoms with Gasteiger partial charge >= 0.3 is 0 Å². The molecule has 3 aliphatic carbocycles. The summed E-state index contributed by atoms with van der Waals surface area (Å²) >= 11 is 0. The third kappa shape index (κ3) is 4.51. The van der Waals surface area contributed by atoms with Crippen molar-refractivity contribution < 1.29 is 0 Å². The van der Waals surface area contributed by atoms with Gasteiger partial charge in [-0.25, -0.2) is 0 Å². The predicted molar refractivity (Wildman–Crippen MR) is 97.0 cm³/mol. The van der Waals surface area contributed by atoms with E-state index in [2.05, 4.69) is 6.92 Å². The molecule has 0 nitrogen and oxygen atoms in total. The molecule has 0 aliphatic heterocycles. The van der Waals surface area contributed by atoms with E-state index in [1.54, 1.807) is 64.2 Å². The summed E-state index contributed by atoms with van der Waals surface area (Å²) in [6.07, 6.45) is 24.7. The summed E-state index contributed by atoms with van der Waals surface area (Å²) in [5, 5.41) is 0. The molecule has 0 spiro atoms. The first-order valence-electron chi connectivity index (χ1n) is 10.9. The molecule has 0 radical (unpaired) electrons. The normalized spacial score (nSPS) is 37.5. The molecule has 0 heterocycles. The standard InChI is InChI=1S/C22H40/c1-2-3-4-7-18-10-12-20(13-11-18)22-16-14-21(15-17-22)19-8-5-6-9-19/h18-22H,2-17H2,1H3. The average molecular weight is 305 g/mol. The molecule has 0 aromatic heterocycles. The average Bonchev–Trinajstić information content (AvgIpc) is 3.11. The summed E-state index contributed by atoms with van der Waals surface area (Å²) in [5.74, 6) is 5.60. The zero-order chi connectivity index (χ0) is 15.2. The van der Waals surface area contributed by atoms with E-state index in [1.165, 1.54) is 38.5 Å². The minimum absolute atomic E-state index is 1.10. The number of rotatable bonds is 6. The molecule has 3 fully saturated rings. The van der Waals surface area contributed by atoms with Gasteiger partial charge in [0.05, 0.1) is 0 Å². The van der Waals surface area contributed by atoms with E-state index in [0.717, 1.165) is 29.6 Å². The van der Waals surface area contributed by atoms with Gasteiger partial charge in [0.1, 0.15) is 0 Å². The van der Waals surface area contributed by atoms with Gasteiger partial charge < -0.3 is 0 Å². The van der Waals surface area contributed by atoms with Crippen LogP contribution < -0.4 is 0 Å². The van der Waals surface area contributed by atoms with Gasteiger partial charge in [-0.05, 0) is 68.1 Å². The summed E-state index contributed by atoms with van der Waals surface area (Å²) in [4.78, 5) is 0. The Morgan fingerprint density at radius 1 is 0.545 bits per heavy atom. The van der Waals surface area contributed by atoms with E-state index in [4.69, 9.17) is 0 Å². The fourth-order valence-corrected chi connectivity index (χ4v) is 6.15. The fourth-order valence-electron chi connectivity index (χ4n) is 6.15. The van der Waals surface area contributed by atoms with Crippen LogP contribution in [-0.4, -0.2) is 0 Å². The van der Waals surface area contributed by atoms with Crippen molar-refractivity contribution in [1.82, 2.24) is 0 Å². The highest BCUT2D eigenvalue weighted by atomic mass is 14.4. The zero-order valence-electron chi connectivity index (χ0n) is 15.2. The van der Waals surface area contributed by atoms with Crippen LogP contribution >= 0.6 is 0 Å². The number of hydrogen-bond donors (Lipinski definition) is 0. The van der Waals surface area contributed by atoms with E-state index < -0.39 is 0 Å². The highest BCUT2D eigenvalue weighted by Crippen LogP contribution is 2.46. The zero-order valence-corrected chi connectivity index (χ0v) is 15.2. The minimum Gasteiger partial charge on any atom is -0.0654 e. The van der Waals surface area contributed by atoms with Crippen LogP contribution in [0, 0.1) is 29.6 Å². The highest BCUT2D eigenvalue weighted by Gasteiger charge is 2.33. The van der Waals surface area contributed by atoms with Crippen molar-refractivity contribution in [3.8, 4) is 0 Å². The van der Waals surface area contributed by atoms with E-state index in [-0.39, 0.29) is 0 Å². The van der Waals surface area contributed by atoms with Gasteiger partial charge in [0.2, 0.25) is 0 Å². The number of hydrogen-bond acceptors (Lipinski definition) is 0. The summed E-state index contributed by atoms with van der Waals surface area (Å²) in [6, 6.07) is 0. The van der Waals surface area contributed by atoms with E-state index in [1.807, 2.05) is 0 Å². The van der Waals surface area contributed by atoms with Gasteiger partial charge in [-0.1, -0.05) is 71.1 Å². The Morgan fingerprint density at radius 2 is 1.00 bits per heavy atom. The van der Waals surface area contributed by atoms with Gasteiger partial charge in [0.15, 0.2) is 0 Å². The molecule has 22 heavy (non-hydrogen) atoms. The Labute approximate surface area is 139 Å². The van der Waals surface area contributed by atoms with E-state index in [0.29, 0.717) is 0 Å². The topological polar surface area (TPSA) is 0 Å². The third-order valence-corrected chi connectivity index (χ3v) is 7.66. The summed E-state index contributed by atoms with van der Waals surface area (Å²) < 4.78 is 0. The van der Waals surface area contributed by atoms with Gasteiger partial charge in [0, 0.05) is 0 Å². The monoisotopic (exact) mass is 304 g/mol. The molecule has 0 aromatic rings. The molecule has 3 saturated carbocycles. The quantitative estimate of drug-likeness (QED) is 0.449. The maximum atomic E-state index is 2.33. The van der Waals surface area contributed by atoms with Crippen LogP contribution in [0.4, 0.5) is 0 Å². The SMILES string of the molecule is CCCCCC1CCC(C2CCC(C3CCCC3)CC2)CC1. The van der Waals surface area contributed by atoms with Crippen LogP contribution in [0.3, 0.4) is 0 Å². The first-order chi connectivity index (χ1) is 10.9. The van der Waals surface area contributed by atoms with Crippen molar-refractivity contribution in [3.63, 3.8) is 0 Å². The Balaban J connectivity index is 1.34. The molecular weight excluding hydrogens is 264 g/mol. The lowest BCUT2D eigenvalue weighted by molar-refractivity contribution is 0.124. The highest BCUT2D eigenvalue weighted by molar-refractivity contribution is 4.85. The smallest absolute Gasteiger partial charge is 0.0386 e. The lowest BCUT2D eigenvalue weighted by Crippen LogP contribution is -2.27. The molecule has 3 aliphatic rings. The van der Waals surface area contributed by atoms with Crippen LogP contribution in [0.15, 0.2) is 0 Å². The molecule has 0 amide bonds. The number of unbranched alkanes of at least 4 members (excludes halogenated alkanes) is 2. The van der Waals surface area contributed by atoms with Crippen molar-refractivity contribution in [3.05, 3.63) is 0 Å². The lowest BCUT2D eigenvalue weighted by Gasteiger charge is -2.39. The van der Waals surface area contributed by atoms with E-state index in [9.17, 15) is 0 Å². The predicted octanol–water partition coefficient (Wildman–Crippen LogP) is 7.37. The van der Waals surface area contributed by atoms with Gasteiger partial charge in [-0.2, -0.15) is 0 Å². The Hall–Kier alpha value is 0. The second-order valence-corrected chi connectivity index (χ2v) is 9.00. The van der Waals surface area contributed by atoms with Gasteiger partial charge in [0.25, 0.3) is 0 Å². The summed E-state index contributed by atoms with van der Waals surface area (Å²) in [6.45, 7) is 2.33. The molecule has 0 N–H and O–H groups in total. The first-order valence-corrected chi connectivity index (χ1v) is 10.9. The molecule has 0 saturated heterocycles. The van der Waals surface area contributed by atoms with Crippen LogP contribution in [0.2, 0.25) is 0 Å². The molecule has 0 atom stereocenters. The van der Waals surface area contributed by atoms with Crippen LogP contribution in [0.5, 0.6) is 0 Å². The second-order valence-electron chi connectivity index (χ2n) is 9.00. The molecule has 128 valence electrons. The van der Waals surface area contributed by atoms with Crippen molar-refractivity contribution in [2.45, 2.75) is 110 Å². The van der Waals surface area contributed by atoms with Crippen LogP contribution in [0.1, 0.15) is 110 Å². The van der Waals surface area contributed by atoms with Crippen molar-refractivity contribution in [2.24, 2.45) is 29.6 Å². The summed E-state index contributed by atoms with van der Waals surface area (Å²) in [5.41, 5.74) is 0. The Kier molecular flexibility index (Phi) is 6.69. The van der Waals surface area contributed by atoms with E-state index >= 15 is 0 Å². The van der Waals surface area contributed by atoms with Crippen molar-refractivity contribution >= 4 is 0 Å². The van der Waals surface area contributed by atoms with Crippen LogP contribution in [-0.2, 0) is 0 Å². The molecule has 0 unspecified atom stereocenters. The van der Waals surface area contributed by atoms with Gasteiger partial charge in [-0.15, -0.1) is 0 Å². The maximum Gasteiger partial charge on any atom is -0.0386 e. The van der Waals surface area contributed by atoms with Crippen LogP contribution in [0.25, 0.3) is 0 Å². The Morgan fingerprint density at radius 3 is 1.50 bits per heavy atom. The third-order valence-electron chi connectivity index (χ3n) is 7.66. The maximum absolute atomic E-state index is 2.33. The van der Waals surface area contributed by atoms with Crippen molar-refractivity contribution in [2.75, 3.05) is 0 Å². The second kappa shape index (κ2) is 8.74. The van der Waals surface area contributed by atoms with Crippen molar-refractivity contribution in [1.29, 1.82) is 0 Å². The largest absolute Gasteiger partial charge is 0.0654 e. The molecule has 0 bridgehead atoms. The Bertz CT molecular complexity index is 285. The molecular formula is C22H40.